The summed E-state index contributed by atoms with van der Waals surface area (Å²) < 4.78 is 50.9. The molecule has 0 saturated carbocycles. The van der Waals surface area contributed by atoms with Gasteiger partial charge in [-0.15, -0.1) is 0 Å². The number of carbonyl (C=O) groups excluding carboxylic acids is 1. The number of hydrogen-bond acceptors (Lipinski definition) is 4. The molecule has 0 radical (unpaired) electrons. The van der Waals surface area contributed by atoms with Crippen LogP contribution in [0.5, 0.6) is 5.75 Å². The van der Waals surface area contributed by atoms with Crippen LogP contribution in [0.2, 0.25) is 5.02 Å². The largest absolute Gasteiger partial charge is 0.415 e. The van der Waals surface area contributed by atoms with Crippen molar-refractivity contribution < 1.29 is 22.3 Å². The smallest absolute Gasteiger partial charge is 0.408 e. The highest BCUT2D eigenvalue weighted by Crippen LogP contribution is 2.37. The number of halogens is 2. The molecule has 194 valence electrons. The molecule has 0 atom stereocenters. The fourth-order valence-electron chi connectivity index (χ4n) is 4.06. The summed E-state index contributed by atoms with van der Waals surface area (Å²) in [7, 11) is -4.22. The Balaban J connectivity index is 1.81. The molecular weight excluding hydrogens is 517 g/mol. The Morgan fingerprint density at radius 1 is 1.05 bits per heavy atom. The van der Waals surface area contributed by atoms with Crippen LogP contribution in [0.3, 0.4) is 0 Å². The third-order valence-electron chi connectivity index (χ3n) is 6.08. The fourth-order valence-corrected chi connectivity index (χ4v) is 5.54. The van der Waals surface area contributed by atoms with Crippen molar-refractivity contribution in [3.8, 4) is 5.75 Å². The van der Waals surface area contributed by atoms with Gasteiger partial charge in [-0.1, -0.05) is 29.8 Å². The number of carbonyl (C=O) groups is 1. The summed E-state index contributed by atoms with van der Waals surface area (Å²) in [5, 5.41) is 1.15. The quantitative estimate of drug-likeness (QED) is 0.277. The molecule has 1 N–H and O–H groups in total. The van der Waals surface area contributed by atoms with E-state index in [0.29, 0.717) is 41.1 Å². The summed E-state index contributed by atoms with van der Waals surface area (Å²) in [6, 6.07) is 16.0. The van der Waals surface area contributed by atoms with E-state index < -0.39 is 21.9 Å². The normalized spacial score (nSPS) is 11.5. The van der Waals surface area contributed by atoms with Gasteiger partial charge in [0, 0.05) is 36.2 Å². The zero-order chi connectivity index (χ0) is 26.7. The Kier molecular flexibility index (Phi) is 7.75. The van der Waals surface area contributed by atoms with Gasteiger partial charge in [0.15, 0.2) is 5.75 Å². The van der Waals surface area contributed by atoms with Crippen LogP contribution in [-0.2, 0) is 16.6 Å². The van der Waals surface area contributed by atoms with Crippen LogP contribution in [-0.4, -0.2) is 37.1 Å². The molecule has 37 heavy (non-hydrogen) atoms. The first-order valence-electron chi connectivity index (χ1n) is 11.7. The lowest BCUT2D eigenvalue weighted by atomic mass is 10.2. The molecule has 7 nitrogen and oxygen atoms in total. The number of anilines is 1. The van der Waals surface area contributed by atoms with Crippen molar-refractivity contribution in [3.05, 3.63) is 88.8 Å². The van der Waals surface area contributed by atoms with Crippen molar-refractivity contribution in [2.75, 3.05) is 17.8 Å². The minimum Gasteiger partial charge on any atom is -0.408 e. The van der Waals surface area contributed by atoms with Gasteiger partial charge in [0.05, 0.1) is 10.4 Å². The van der Waals surface area contributed by atoms with Crippen molar-refractivity contribution in [2.45, 2.75) is 32.2 Å². The van der Waals surface area contributed by atoms with Crippen molar-refractivity contribution >= 4 is 44.3 Å². The summed E-state index contributed by atoms with van der Waals surface area (Å²) in [5.74, 6) is -0.627. The molecule has 10 heteroatoms. The highest BCUT2D eigenvalue weighted by Gasteiger charge is 2.24. The van der Waals surface area contributed by atoms with E-state index in [9.17, 15) is 17.6 Å². The standard InChI is InChI=1S/C27H27ClFN3O4S/c1-4-31(5-2)27(33)36-24-13-12-23-22(14-15-32(23)17-19-7-9-20(28)10-8-19)26(24)30-37(34,35)25-16-21(29)11-6-18(25)3/h6-16,30H,4-5,17H2,1-3H3. The summed E-state index contributed by atoms with van der Waals surface area (Å²) >= 11 is 6.00. The zero-order valence-corrected chi connectivity index (χ0v) is 22.2. The van der Waals surface area contributed by atoms with Gasteiger partial charge in [0.25, 0.3) is 10.0 Å². The van der Waals surface area contributed by atoms with Crippen LogP contribution in [0.1, 0.15) is 25.0 Å². The van der Waals surface area contributed by atoms with Gasteiger partial charge in [-0.25, -0.2) is 17.6 Å². The van der Waals surface area contributed by atoms with Crippen LogP contribution in [0, 0.1) is 12.7 Å². The molecule has 0 bridgehead atoms. The highest BCUT2D eigenvalue weighted by atomic mass is 35.5. The van der Waals surface area contributed by atoms with Crippen LogP contribution < -0.4 is 9.46 Å². The minimum atomic E-state index is -4.22. The number of hydrogen-bond donors (Lipinski definition) is 1. The lowest BCUT2D eigenvalue weighted by molar-refractivity contribution is 0.157. The number of aryl methyl sites for hydroxylation is 1. The molecule has 0 aliphatic heterocycles. The molecule has 4 rings (SSSR count). The molecule has 1 aromatic heterocycles. The molecule has 0 saturated heterocycles. The van der Waals surface area contributed by atoms with Crippen LogP contribution in [0.4, 0.5) is 14.9 Å². The van der Waals surface area contributed by atoms with E-state index >= 15 is 0 Å². The Hall–Kier alpha value is -3.56. The molecule has 0 fully saturated rings. The molecule has 3 aromatic carbocycles. The first-order valence-corrected chi connectivity index (χ1v) is 13.6. The molecular formula is C27H27ClFN3O4S. The Bertz CT molecular complexity index is 1550. The number of nitrogens with one attached hydrogen (secondary N) is 1. The number of fused-ring (bicyclic) bond motifs is 1. The maximum Gasteiger partial charge on any atom is 0.415 e. The molecule has 0 spiro atoms. The second-order valence-corrected chi connectivity index (χ2v) is 10.6. The van der Waals surface area contributed by atoms with E-state index in [1.54, 1.807) is 37.3 Å². The van der Waals surface area contributed by atoms with E-state index in [0.717, 1.165) is 11.6 Å². The van der Waals surface area contributed by atoms with Gasteiger partial charge in [-0.3, -0.25) is 4.72 Å². The number of amides is 1. The fraction of sp³-hybridized carbons (Fsp3) is 0.222. The van der Waals surface area contributed by atoms with Gasteiger partial charge >= 0.3 is 6.09 Å². The third-order valence-corrected chi connectivity index (χ3v) is 7.82. The van der Waals surface area contributed by atoms with Crippen molar-refractivity contribution in [1.29, 1.82) is 0 Å². The van der Waals surface area contributed by atoms with Gasteiger partial charge in [-0.05, 0) is 74.4 Å². The van der Waals surface area contributed by atoms with Crippen LogP contribution in [0.15, 0.2) is 71.8 Å². The molecule has 1 heterocycles. The zero-order valence-electron chi connectivity index (χ0n) is 20.7. The van der Waals surface area contributed by atoms with Gasteiger partial charge in [-0.2, -0.15) is 0 Å². The predicted molar refractivity (Wildman–Crippen MR) is 143 cm³/mol. The number of ether oxygens (including phenoxy) is 1. The van der Waals surface area contributed by atoms with Crippen LogP contribution in [0.25, 0.3) is 10.9 Å². The maximum atomic E-state index is 13.9. The molecule has 0 aliphatic carbocycles. The molecule has 0 aliphatic rings. The highest BCUT2D eigenvalue weighted by molar-refractivity contribution is 7.92. The van der Waals surface area contributed by atoms with Gasteiger partial charge in [0.1, 0.15) is 11.5 Å². The summed E-state index contributed by atoms with van der Waals surface area (Å²) in [6.07, 6.45) is 1.22. The van der Waals surface area contributed by atoms with E-state index in [4.69, 9.17) is 16.3 Å². The summed E-state index contributed by atoms with van der Waals surface area (Å²) in [4.78, 5) is 14.0. The molecule has 4 aromatic rings. The van der Waals surface area contributed by atoms with Gasteiger partial charge in [0.2, 0.25) is 0 Å². The number of rotatable bonds is 8. The summed E-state index contributed by atoms with van der Waals surface area (Å²) in [5.41, 5.74) is 2.18. The van der Waals surface area contributed by atoms with Crippen molar-refractivity contribution in [3.63, 3.8) is 0 Å². The minimum absolute atomic E-state index is 0.0475. The second-order valence-electron chi connectivity index (χ2n) is 8.50. The average molecular weight is 544 g/mol. The monoisotopic (exact) mass is 543 g/mol. The average Bonchev–Trinajstić information content (AvgIpc) is 3.27. The van der Waals surface area contributed by atoms with Crippen molar-refractivity contribution in [2.24, 2.45) is 0 Å². The maximum absolute atomic E-state index is 13.9. The third kappa shape index (κ3) is 5.73. The number of sulfonamides is 1. The second kappa shape index (κ2) is 10.8. The Morgan fingerprint density at radius 3 is 2.43 bits per heavy atom. The molecule has 1 amide bonds. The van der Waals surface area contributed by atoms with E-state index in [-0.39, 0.29) is 16.3 Å². The SMILES string of the molecule is CCN(CC)C(=O)Oc1ccc2c(ccn2Cc2ccc(Cl)cc2)c1NS(=O)(=O)c1cc(F)ccc1C. The van der Waals surface area contributed by atoms with E-state index in [1.807, 2.05) is 36.7 Å². The van der Waals surface area contributed by atoms with Crippen molar-refractivity contribution in [1.82, 2.24) is 9.47 Å². The predicted octanol–water partition coefficient (Wildman–Crippen LogP) is 6.43. The lowest BCUT2D eigenvalue weighted by Gasteiger charge is -2.20. The first-order chi connectivity index (χ1) is 17.6. The van der Waals surface area contributed by atoms with E-state index in [1.165, 1.54) is 17.0 Å². The summed E-state index contributed by atoms with van der Waals surface area (Å²) in [6.45, 7) is 6.59. The molecule has 0 unspecified atom stereocenters. The van der Waals surface area contributed by atoms with Gasteiger partial charge < -0.3 is 14.2 Å². The first kappa shape index (κ1) is 26.5. The van der Waals surface area contributed by atoms with E-state index in [2.05, 4.69) is 4.72 Å². The Morgan fingerprint density at radius 2 is 1.76 bits per heavy atom. The lowest BCUT2D eigenvalue weighted by Crippen LogP contribution is -2.33. The number of benzene rings is 3. The Labute approximate surface area is 220 Å². The van der Waals surface area contributed by atoms with Crippen LogP contribution >= 0.6 is 11.6 Å². The topological polar surface area (TPSA) is 80.6 Å². The number of nitrogens with zero attached hydrogens (tertiary/aromatic N) is 2. The number of aromatic nitrogens is 1.